The maximum Gasteiger partial charge on any atom is 0.342 e. The lowest BCUT2D eigenvalue weighted by atomic mass is 9.89. The first-order chi connectivity index (χ1) is 10.6. The Bertz CT molecular complexity index is 677. The minimum atomic E-state index is -1.41. The van der Waals surface area contributed by atoms with Crippen LogP contribution in [0.3, 0.4) is 0 Å². The van der Waals surface area contributed by atoms with E-state index in [2.05, 4.69) is 5.32 Å². The van der Waals surface area contributed by atoms with Gasteiger partial charge >= 0.3 is 11.9 Å². The van der Waals surface area contributed by atoms with Crippen molar-refractivity contribution < 1.29 is 24.4 Å². The molecule has 2 N–H and O–H groups in total. The molecular weight excluding hydrogens is 304 g/mol. The molecule has 2 rings (SSSR count). The smallest absolute Gasteiger partial charge is 0.342 e. The molecule has 0 bridgehead atoms. The molecule has 23 heavy (non-hydrogen) atoms. The van der Waals surface area contributed by atoms with Gasteiger partial charge in [0.1, 0.15) is 11.2 Å². The van der Waals surface area contributed by atoms with Crippen LogP contribution in [0.15, 0.2) is 12.1 Å². The Morgan fingerprint density at radius 3 is 2.57 bits per heavy atom. The molecule has 1 aliphatic rings. The second-order valence-corrected chi connectivity index (χ2v) is 6.32. The molecule has 1 heterocycles. The van der Waals surface area contributed by atoms with Gasteiger partial charge in [-0.3, -0.25) is 14.9 Å². The van der Waals surface area contributed by atoms with E-state index in [1.807, 2.05) is 0 Å². The SMILES string of the molecule is CC(C)(C)OC(=O)C1CCNc2cc([N+](=O)[O-])c(C(=O)O)cc21. The number of fused-ring (bicyclic) bond motifs is 1. The third kappa shape index (κ3) is 3.58. The number of carboxylic acid groups (broad SMARTS) is 1. The number of hydrogen-bond acceptors (Lipinski definition) is 6. The van der Waals surface area contributed by atoms with E-state index < -0.39 is 39.6 Å². The number of rotatable bonds is 3. The Morgan fingerprint density at radius 1 is 1.39 bits per heavy atom. The van der Waals surface area contributed by atoms with Crippen molar-refractivity contribution in [1.82, 2.24) is 0 Å². The first-order valence-corrected chi connectivity index (χ1v) is 7.12. The number of benzene rings is 1. The molecule has 1 unspecified atom stereocenters. The number of carboxylic acids is 1. The van der Waals surface area contributed by atoms with Gasteiger partial charge in [-0.25, -0.2) is 4.79 Å². The molecule has 124 valence electrons. The van der Waals surface area contributed by atoms with Gasteiger partial charge in [0, 0.05) is 18.3 Å². The van der Waals surface area contributed by atoms with Gasteiger partial charge in [0.05, 0.1) is 10.8 Å². The number of hydrogen-bond donors (Lipinski definition) is 2. The Hall–Kier alpha value is -2.64. The van der Waals surface area contributed by atoms with Crippen molar-refractivity contribution in [3.05, 3.63) is 33.4 Å². The van der Waals surface area contributed by atoms with Crippen molar-refractivity contribution in [3.8, 4) is 0 Å². The molecule has 0 fully saturated rings. The molecule has 8 heteroatoms. The van der Waals surface area contributed by atoms with Crippen LogP contribution in [0.2, 0.25) is 0 Å². The Balaban J connectivity index is 2.49. The molecule has 0 saturated heterocycles. The largest absolute Gasteiger partial charge is 0.477 e. The average Bonchev–Trinajstić information content (AvgIpc) is 2.43. The van der Waals surface area contributed by atoms with Gasteiger partial charge in [-0.15, -0.1) is 0 Å². The lowest BCUT2D eigenvalue weighted by Gasteiger charge is -2.28. The van der Waals surface area contributed by atoms with E-state index in [1.54, 1.807) is 20.8 Å². The molecule has 0 spiro atoms. The van der Waals surface area contributed by atoms with Gasteiger partial charge in [0.15, 0.2) is 0 Å². The number of nitro benzene ring substituents is 1. The van der Waals surface area contributed by atoms with E-state index in [4.69, 9.17) is 4.74 Å². The van der Waals surface area contributed by atoms with Crippen molar-refractivity contribution in [2.75, 3.05) is 11.9 Å². The summed E-state index contributed by atoms with van der Waals surface area (Å²) in [6, 6.07) is 2.35. The van der Waals surface area contributed by atoms with Crippen LogP contribution < -0.4 is 5.32 Å². The highest BCUT2D eigenvalue weighted by Gasteiger charge is 2.34. The summed E-state index contributed by atoms with van der Waals surface area (Å²) in [7, 11) is 0. The first-order valence-electron chi connectivity index (χ1n) is 7.12. The summed E-state index contributed by atoms with van der Waals surface area (Å²) in [4.78, 5) is 33.9. The van der Waals surface area contributed by atoms with Crippen LogP contribution in [-0.4, -0.2) is 34.1 Å². The molecule has 0 amide bonds. The normalized spacial score (nSPS) is 16.9. The summed E-state index contributed by atoms with van der Waals surface area (Å²) in [6.07, 6.45) is 0.429. The highest BCUT2D eigenvalue weighted by atomic mass is 16.6. The highest BCUT2D eigenvalue weighted by Crippen LogP contribution is 2.37. The van der Waals surface area contributed by atoms with Crippen LogP contribution >= 0.6 is 0 Å². The third-order valence-electron chi connectivity index (χ3n) is 3.41. The molecule has 1 aromatic rings. The maximum absolute atomic E-state index is 12.3. The molecule has 1 atom stereocenters. The average molecular weight is 322 g/mol. The second-order valence-electron chi connectivity index (χ2n) is 6.32. The van der Waals surface area contributed by atoms with Crippen LogP contribution in [-0.2, 0) is 9.53 Å². The van der Waals surface area contributed by atoms with Gasteiger partial charge in [0.2, 0.25) is 0 Å². The number of aromatic carboxylic acids is 1. The van der Waals surface area contributed by atoms with Crippen LogP contribution in [0.1, 0.15) is 49.0 Å². The number of nitrogens with one attached hydrogen (secondary N) is 1. The zero-order valence-corrected chi connectivity index (χ0v) is 13.1. The van der Waals surface area contributed by atoms with Crippen molar-refractivity contribution >= 4 is 23.3 Å². The van der Waals surface area contributed by atoms with Crippen LogP contribution in [0.4, 0.5) is 11.4 Å². The molecule has 0 saturated carbocycles. The van der Waals surface area contributed by atoms with Crippen molar-refractivity contribution in [2.24, 2.45) is 0 Å². The molecular formula is C15H18N2O6. The van der Waals surface area contributed by atoms with Gasteiger partial charge in [-0.1, -0.05) is 0 Å². The van der Waals surface area contributed by atoms with Gasteiger partial charge in [-0.05, 0) is 38.8 Å². The van der Waals surface area contributed by atoms with E-state index >= 15 is 0 Å². The molecule has 0 radical (unpaired) electrons. The van der Waals surface area contributed by atoms with E-state index in [1.165, 1.54) is 6.07 Å². The highest BCUT2D eigenvalue weighted by molar-refractivity contribution is 5.95. The predicted octanol–water partition coefficient (Wildman–Crippen LogP) is 2.53. The number of carbonyl (C=O) groups excluding carboxylic acids is 1. The lowest BCUT2D eigenvalue weighted by Crippen LogP contribution is -2.31. The Labute approximate surface area is 132 Å². The number of esters is 1. The quantitative estimate of drug-likeness (QED) is 0.498. The van der Waals surface area contributed by atoms with Crippen molar-refractivity contribution in [1.29, 1.82) is 0 Å². The van der Waals surface area contributed by atoms with Crippen molar-refractivity contribution in [3.63, 3.8) is 0 Å². The van der Waals surface area contributed by atoms with Crippen LogP contribution in [0.25, 0.3) is 0 Å². The van der Waals surface area contributed by atoms with Gasteiger partial charge in [-0.2, -0.15) is 0 Å². The fourth-order valence-electron chi connectivity index (χ4n) is 2.49. The van der Waals surface area contributed by atoms with Crippen molar-refractivity contribution in [2.45, 2.75) is 38.7 Å². The molecule has 1 aromatic carbocycles. The number of carbonyl (C=O) groups is 2. The first kappa shape index (κ1) is 16.7. The summed E-state index contributed by atoms with van der Waals surface area (Å²) >= 11 is 0. The summed E-state index contributed by atoms with van der Waals surface area (Å²) < 4.78 is 5.36. The Morgan fingerprint density at radius 2 is 2.04 bits per heavy atom. The fraction of sp³-hybridized carbons (Fsp3) is 0.467. The minimum absolute atomic E-state index is 0.392. The lowest BCUT2D eigenvalue weighted by molar-refractivity contribution is -0.385. The fourth-order valence-corrected chi connectivity index (χ4v) is 2.49. The summed E-state index contributed by atoms with van der Waals surface area (Å²) in [5, 5.41) is 23.2. The van der Waals surface area contributed by atoms with Gasteiger partial charge in [0.25, 0.3) is 5.69 Å². The van der Waals surface area contributed by atoms with Gasteiger partial charge < -0.3 is 15.2 Å². The summed E-state index contributed by atoms with van der Waals surface area (Å²) in [5.41, 5.74) is -0.810. The number of anilines is 1. The van der Waals surface area contributed by atoms with Crippen LogP contribution in [0.5, 0.6) is 0 Å². The zero-order valence-electron chi connectivity index (χ0n) is 13.1. The number of ether oxygens (including phenoxy) is 1. The number of nitro groups is 1. The van der Waals surface area contributed by atoms with Crippen LogP contribution in [0, 0.1) is 10.1 Å². The molecule has 0 aromatic heterocycles. The second kappa shape index (κ2) is 5.86. The minimum Gasteiger partial charge on any atom is -0.477 e. The molecule has 8 nitrogen and oxygen atoms in total. The van der Waals surface area contributed by atoms with E-state index in [0.29, 0.717) is 24.2 Å². The topological polar surface area (TPSA) is 119 Å². The molecule has 1 aliphatic heterocycles. The third-order valence-corrected chi connectivity index (χ3v) is 3.41. The van der Waals surface area contributed by atoms with E-state index in [0.717, 1.165) is 6.07 Å². The van der Waals surface area contributed by atoms with E-state index in [-0.39, 0.29) is 0 Å². The monoisotopic (exact) mass is 322 g/mol. The van der Waals surface area contributed by atoms with E-state index in [9.17, 15) is 24.8 Å². The standard InChI is InChI=1S/C15H18N2O6/c1-15(2,3)23-14(20)8-4-5-16-11-7-12(17(21)22)10(13(18)19)6-9(8)11/h6-8,16H,4-5H2,1-3H3,(H,18,19). The summed E-state index contributed by atoms with van der Waals surface area (Å²) in [6.45, 7) is 5.67. The number of nitrogens with zero attached hydrogens (tertiary/aromatic N) is 1. The zero-order chi connectivity index (χ0) is 17.4. The molecule has 0 aliphatic carbocycles. The predicted molar refractivity (Wildman–Crippen MR) is 81.7 cm³/mol. The Kier molecular flexibility index (Phi) is 4.26. The summed E-state index contributed by atoms with van der Waals surface area (Å²) in [5.74, 6) is -2.53. The maximum atomic E-state index is 12.3.